The van der Waals surface area contributed by atoms with E-state index >= 15 is 0 Å². The van der Waals surface area contributed by atoms with Gasteiger partial charge in [0.25, 0.3) is 0 Å². The number of fused-ring (bicyclic) bond motifs is 3. The van der Waals surface area contributed by atoms with E-state index in [9.17, 15) is 4.79 Å². The van der Waals surface area contributed by atoms with Crippen LogP contribution in [-0.2, 0) is 0 Å². The van der Waals surface area contributed by atoms with Gasteiger partial charge in [0, 0.05) is 35.8 Å². The Labute approximate surface area is 140 Å². The maximum atomic E-state index is 11.5. The van der Waals surface area contributed by atoms with Gasteiger partial charge in [-0.3, -0.25) is 4.79 Å². The van der Waals surface area contributed by atoms with E-state index in [1.807, 2.05) is 18.2 Å². The molecule has 1 nitrogen and oxygen atoms in total. The molecule has 0 fully saturated rings. The fourth-order valence-electron chi connectivity index (χ4n) is 2.85. The van der Waals surface area contributed by atoms with Gasteiger partial charge >= 0.3 is 0 Å². The summed E-state index contributed by atoms with van der Waals surface area (Å²) in [4.78, 5) is 11.5. The monoisotopic (exact) mass is 366 g/mol. The van der Waals surface area contributed by atoms with Crippen LogP contribution in [0.2, 0.25) is 0 Å². The second kappa shape index (κ2) is 5.34. The Morgan fingerprint density at radius 1 is 0.818 bits per heavy atom. The van der Waals surface area contributed by atoms with Crippen molar-refractivity contribution < 1.29 is 4.79 Å². The van der Waals surface area contributed by atoms with E-state index < -0.39 is 0 Å². The summed E-state index contributed by atoms with van der Waals surface area (Å²) in [5, 5.41) is 2.52. The van der Waals surface area contributed by atoms with Gasteiger partial charge in [-0.15, -0.1) is 11.3 Å². The summed E-state index contributed by atoms with van der Waals surface area (Å²) in [5.74, 6) is 0. The summed E-state index contributed by atoms with van der Waals surface area (Å²) in [6.07, 6.45) is 0.922. The molecule has 0 amide bonds. The third-order valence-corrected chi connectivity index (χ3v) is 5.78. The Bertz CT molecular complexity index is 1020. The number of thiophene rings is 1. The molecule has 1 aromatic heterocycles. The van der Waals surface area contributed by atoms with Gasteiger partial charge in [0.1, 0.15) is 0 Å². The maximum absolute atomic E-state index is 11.5. The average Bonchev–Trinajstić information content (AvgIpc) is 2.93. The summed E-state index contributed by atoms with van der Waals surface area (Å²) in [6.45, 7) is 0. The van der Waals surface area contributed by atoms with Crippen molar-refractivity contribution in [1.29, 1.82) is 0 Å². The molecule has 0 unspecified atom stereocenters. The topological polar surface area (TPSA) is 17.1 Å². The van der Waals surface area contributed by atoms with Crippen molar-refractivity contribution in [1.82, 2.24) is 0 Å². The van der Waals surface area contributed by atoms with Gasteiger partial charge < -0.3 is 0 Å². The molecule has 22 heavy (non-hydrogen) atoms. The summed E-state index contributed by atoms with van der Waals surface area (Å²) in [6, 6.07) is 20.6. The minimum absolute atomic E-state index is 0.701. The number of carbonyl (C=O) groups excluding carboxylic acids is 1. The first-order valence-corrected chi connectivity index (χ1v) is 8.55. The van der Waals surface area contributed by atoms with Gasteiger partial charge in [-0.2, -0.15) is 0 Å². The average molecular weight is 367 g/mol. The molecule has 0 saturated heterocycles. The molecule has 0 aliphatic carbocycles. The third-order valence-electron chi connectivity index (χ3n) is 3.87. The van der Waals surface area contributed by atoms with Crippen molar-refractivity contribution in [2.45, 2.75) is 0 Å². The zero-order valence-corrected chi connectivity index (χ0v) is 13.9. The molecule has 0 saturated carbocycles. The molecule has 4 rings (SSSR count). The molecule has 0 bridgehead atoms. The number of halogens is 1. The van der Waals surface area contributed by atoms with Crippen LogP contribution in [-0.4, -0.2) is 6.29 Å². The van der Waals surface area contributed by atoms with Gasteiger partial charge in [-0.1, -0.05) is 64.5 Å². The SMILES string of the molecule is O=Cc1c(Br)cccc1-c1cccc2c1sc1ccccc12. The van der Waals surface area contributed by atoms with E-state index in [2.05, 4.69) is 58.4 Å². The maximum Gasteiger partial charge on any atom is 0.151 e. The second-order valence-electron chi connectivity index (χ2n) is 5.10. The van der Waals surface area contributed by atoms with Crippen molar-refractivity contribution in [3.05, 3.63) is 70.7 Å². The quantitative estimate of drug-likeness (QED) is 0.380. The molecule has 0 atom stereocenters. The van der Waals surface area contributed by atoms with Crippen molar-refractivity contribution in [2.24, 2.45) is 0 Å². The highest BCUT2D eigenvalue weighted by Crippen LogP contribution is 2.41. The van der Waals surface area contributed by atoms with Crippen molar-refractivity contribution in [2.75, 3.05) is 0 Å². The highest BCUT2D eigenvalue weighted by atomic mass is 79.9. The van der Waals surface area contributed by atoms with E-state index in [4.69, 9.17) is 0 Å². The van der Waals surface area contributed by atoms with Crippen LogP contribution in [0.1, 0.15) is 10.4 Å². The van der Waals surface area contributed by atoms with Gasteiger partial charge in [0.2, 0.25) is 0 Å². The minimum Gasteiger partial charge on any atom is -0.298 e. The Kier molecular flexibility index (Phi) is 3.32. The highest BCUT2D eigenvalue weighted by Gasteiger charge is 2.13. The molecule has 0 aliphatic rings. The summed E-state index contributed by atoms with van der Waals surface area (Å²) in [7, 11) is 0. The van der Waals surface area contributed by atoms with Crippen LogP contribution in [0.25, 0.3) is 31.3 Å². The predicted octanol–water partition coefficient (Wildman–Crippen LogP) is 6.30. The Morgan fingerprint density at radius 3 is 2.41 bits per heavy atom. The first kappa shape index (κ1) is 13.7. The lowest BCUT2D eigenvalue weighted by Crippen LogP contribution is -1.89. The number of rotatable bonds is 2. The molecular weight excluding hydrogens is 356 g/mol. The lowest BCUT2D eigenvalue weighted by molar-refractivity contribution is 0.112. The predicted molar refractivity (Wildman–Crippen MR) is 97.9 cm³/mol. The van der Waals surface area contributed by atoms with Crippen molar-refractivity contribution in [3.63, 3.8) is 0 Å². The van der Waals surface area contributed by atoms with E-state index in [0.717, 1.165) is 21.9 Å². The van der Waals surface area contributed by atoms with Gasteiger partial charge in [-0.25, -0.2) is 0 Å². The largest absolute Gasteiger partial charge is 0.298 e. The lowest BCUT2D eigenvalue weighted by Gasteiger charge is -2.08. The van der Waals surface area contributed by atoms with E-state index in [1.54, 1.807) is 11.3 Å². The number of aldehydes is 1. The fraction of sp³-hybridized carbons (Fsp3) is 0. The molecule has 4 aromatic rings. The van der Waals surface area contributed by atoms with Crippen LogP contribution in [0.5, 0.6) is 0 Å². The lowest BCUT2D eigenvalue weighted by atomic mass is 9.98. The molecule has 0 N–H and O–H groups in total. The van der Waals surface area contributed by atoms with Crippen molar-refractivity contribution >= 4 is 53.7 Å². The number of hydrogen-bond donors (Lipinski definition) is 0. The standard InChI is InChI=1S/C19H11BrOS/c20-17-9-4-6-12(16(17)11-21)14-7-3-8-15-13-5-1-2-10-18(13)22-19(14)15/h1-11H. The molecule has 1 heterocycles. The number of carbonyl (C=O) groups is 1. The minimum atomic E-state index is 0.701. The van der Waals surface area contributed by atoms with E-state index in [0.29, 0.717) is 5.56 Å². The molecule has 0 aliphatic heterocycles. The summed E-state index contributed by atoms with van der Waals surface area (Å²) >= 11 is 5.25. The molecule has 0 spiro atoms. The van der Waals surface area contributed by atoms with Crippen LogP contribution >= 0.6 is 27.3 Å². The number of hydrogen-bond acceptors (Lipinski definition) is 2. The molecule has 3 heteroatoms. The molecular formula is C19H11BrOS. The Morgan fingerprint density at radius 2 is 1.55 bits per heavy atom. The van der Waals surface area contributed by atoms with Crippen molar-refractivity contribution in [3.8, 4) is 11.1 Å². The Balaban J connectivity index is 2.12. The fourth-order valence-corrected chi connectivity index (χ4v) is 4.54. The molecule has 0 radical (unpaired) electrons. The summed E-state index contributed by atoms with van der Waals surface area (Å²) < 4.78 is 3.33. The summed E-state index contributed by atoms with van der Waals surface area (Å²) in [5.41, 5.74) is 2.79. The second-order valence-corrected chi connectivity index (χ2v) is 7.01. The van der Waals surface area contributed by atoms with Gasteiger partial charge in [0.05, 0.1) is 0 Å². The first-order chi connectivity index (χ1) is 10.8. The van der Waals surface area contributed by atoms with Crippen LogP contribution in [0.4, 0.5) is 0 Å². The first-order valence-electron chi connectivity index (χ1n) is 6.94. The Hall–Kier alpha value is -1.97. The van der Waals surface area contributed by atoms with E-state index in [-0.39, 0.29) is 0 Å². The van der Waals surface area contributed by atoms with Gasteiger partial charge in [0.15, 0.2) is 6.29 Å². The smallest absolute Gasteiger partial charge is 0.151 e. The molecule has 106 valence electrons. The highest BCUT2D eigenvalue weighted by molar-refractivity contribution is 9.10. The zero-order valence-electron chi connectivity index (χ0n) is 11.5. The zero-order chi connectivity index (χ0) is 15.1. The van der Waals surface area contributed by atoms with E-state index in [1.165, 1.54) is 20.2 Å². The van der Waals surface area contributed by atoms with Crippen LogP contribution in [0, 0.1) is 0 Å². The van der Waals surface area contributed by atoms with Crippen LogP contribution in [0.3, 0.4) is 0 Å². The third kappa shape index (κ3) is 2.01. The number of benzene rings is 3. The molecule has 3 aromatic carbocycles. The van der Waals surface area contributed by atoms with Crippen LogP contribution < -0.4 is 0 Å². The normalized spacial score (nSPS) is 11.1. The van der Waals surface area contributed by atoms with Gasteiger partial charge in [-0.05, 0) is 17.7 Å². The van der Waals surface area contributed by atoms with Crippen LogP contribution in [0.15, 0.2) is 65.1 Å².